The lowest BCUT2D eigenvalue weighted by Crippen LogP contribution is -2.39. The number of nitrogens with one attached hydrogen (secondary N) is 1. The van der Waals surface area contributed by atoms with Crippen molar-refractivity contribution in [3.63, 3.8) is 0 Å². The molecule has 4 rings (SSSR count). The van der Waals surface area contributed by atoms with Gasteiger partial charge in [-0.1, -0.05) is 0 Å². The van der Waals surface area contributed by atoms with Crippen LogP contribution in [0.3, 0.4) is 0 Å². The minimum Gasteiger partial charge on any atom is -0.354 e. The molecule has 2 heterocycles. The number of rotatable bonds is 5. The van der Waals surface area contributed by atoms with Gasteiger partial charge in [0.2, 0.25) is 0 Å². The Morgan fingerprint density at radius 3 is 2.85 bits per heavy atom. The smallest absolute Gasteiger partial charge is 0.135 e. The third-order valence-corrected chi connectivity index (χ3v) is 4.93. The molecule has 1 unspecified atom stereocenters. The van der Waals surface area contributed by atoms with Crippen LogP contribution in [0.5, 0.6) is 0 Å². The summed E-state index contributed by atoms with van der Waals surface area (Å²) in [6.45, 7) is 3.51. The SMILES string of the molecule is c1nc2c(c(N(CC3CC3)CC3CCCN3)n1)CCC2. The molecule has 4 nitrogen and oxygen atoms in total. The number of hydrogen-bond donors (Lipinski definition) is 1. The van der Waals surface area contributed by atoms with E-state index in [0.717, 1.165) is 18.9 Å². The van der Waals surface area contributed by atoms with Gasteiger partial charge in [0.1, 0.15) is 12.1 Å². The second-order valence-corrected chi connectivity index (χ2v) is 6.62. The van der Waals surface area contributed by atoms with Crippen molar-refractivity contribution in [2.75, 3.05) is 24.5 Å². The molecule has 1 saturated heterocycles. The quantitative estimate of drug-likeness (QED) is 0.889. The highest BCUT2D eigenvalue weighted by atomic mass is 15.2. The van der Waals surface area contributed by atoms with Crippen LogP contribution in [0, 0.1) is 5.92 Å². The molecule has 1 N–H and O–H groups in total. The van der Waals surface area contributed by atoms with Crippen molar-refractivity contribution in [2.24, 2.45) is 5.92 Å². The first-order chi connectivity index (χ1) is 9.90. The highest BCUT2D eigenvalue weighted by Gasteiger charge is 2.29. The Labute approximate surface area is 121 Å². The first-order valence-electron chi connectivity index (χ1n) is 8.21. The van der Waals surface area contributed by atoms with Gasteiger partial charge in [-0.05, 0) is 57.4 Å². The van der Waals surface area contributed by atoms with Gasteiger partial charge in [0.25, 0.3) is 0 Å². The third kappa shape index (κ3) is 2.53. The Morgan fingerprint density at radius 1 is 1.10 bits per heavy atom. The number of anilines is 1. The van der Waals surface area contributed by atoms with Crippen LogP contribution in [-0.2, 0) is 12.8 Å². The molecule has 1 aromatic rings. The van der Waals surface area contributed by atoms with E-state index in [1.165, 1.54) is 68.7 Å². The highest BCUT2D eigenvalue weighted by molar-refractivity contribution is 5.50. The highest BCUT2D eigenvalue weighted by Crippen LogP contribution is 2.34. The van der Waals surface area contributed by atoms with Crippen molar-refractivity contribution >= 4 is 5.82 Å². The molecule has 1 saturated carbocycles. The molecule has 3 aliphatic rings. The average Bonchev–Trinajstić information content (AvgIpc) is 2.93. The molecular formula is C16H24N4. The molecular weight excluding hydrogens is 248 g/mol. The minimum atomic E-state index is 0.653. The number of nitrogens with zero attached hydrogens (tertiary/aromatic N) is 3. The standard InChI is InChI=1S/C16H24N4/c1-4-14-15(5-1)18-11-19-16(14)20(9-12-6-7-12)10-13-3-2-8-17-13/h11-13,17H,1-10H2. The molecule has 108 valence electrons. The lowest BCUT2D eigenvalue weighted by molar-refractivity contribution is 0.565. The zero-order valence-electron chi connectivity index (χ0n) is 12.1. The maximum absolute atomic E-state index is 4.66. The van der Waals surface area contributed by atoms with Crippen LogP contribution in [0.15, 0.2) is 6.33 Å². The fourth-order valence-electron chi connectivity index (χ4n) is 3.65. The molecule has 0 amide bonds. The lowest BCUT2D eigenvalue weighted by Gasteiger charge is -2.28. The van der Waals surface area contributed by atoms with Gasteiger partial charge >= 0.3 is 0 Å². The summed E-state index contributed by atoms with van der Waals surface area (Å²) in [6.07, 6.45) is 10.8. The van der Waals surface area contributed by atoms with Crippen molar-refractivity contribution in [1.82, 2.24) is 15.3 Å². The Bertz CT molecular complexity index is 477. The number of hydrogen-bond acceptors (Lipinski definition) is 4. The van der Waals surface area contributed by atoms with Gasteiger partial charge in [-0.15, -0.1) is 0 Å². The molecule has 0 bridgehead atoms. The summed E-state index contributed by atoms with van der Waals surface area (Å²) in [4.78, 5) is 11.7. The Hall–Kier alpha value is -1.16. The fraction of sp³-hybridized carbons (Fsp3) is 0.750. The summed E-state index contributed by atoms with van der Waals surface area (Å²) in [5.41, 5.74) is 2.74. The molecule has 20 heavy (non-hydrogen) atoms. The minimum absolute atomic E-state index is 0.653. The summed E-state index contributed by atoms with van der Waals surface area (Å²) >= 11 is 0. The zero-order valence-corrected chi connectivity index (χ0v) is 12.1. The van der Waals surface area contributed by atoms with E-state index in [2.05, 4.69) is 20.2 Å². The van der Waals surface area contributed by atoms with Crippen molar-refractivity contribution in [2.45, 2.75) is 51.0 Å². The van der Waals surface area contributed by atoms with E-state index in [0.29, 0.717) is 6.04 Å². The van der Waals surface area contributed by atoms with E-state index < -0.39 is 0 Å². The maximum Gasteiger partial charge on any atom is 0.135 e. The first-order valence-corrected chi connectivity index (χ1v) is 8.21. The lowest BCUT2D eigenvalue weighted by atomic mass is 10.1. The van der Waals surface area contributed by atoms with Crippen LogP contribution in [0.25, 0.3) is 0 Å². The molecule has 0 spiro atoms. The predicted octanol–water partition coefficient (Wildman–Crippen LogP) is 1.93. The topological polar surface area (TPSA) is 41.1 Å². The van der Waals surface area contributed by atoms with E-state index >= 15 is 0 Å². The molecule has 1 aromatic heterocycles. The number of aromatic nitrogens is 2. The van der Waals surface area contributed by atoms with Gasteiger partial charge in [0, 0.05) is 30.4 Å². The Morgan fingerprint density at radius 2 is 2.05 bits per heavy atom. The molecule has 2 fully saturated rings. The van der Waals surface area contributed by atoms with Gasteiger partial charge < -0.3 is 10.2 Å². The normalized spacial score (nSPS) is 24.9. The first kappa shape index (κ1) is 12.6. The van der Waals surface area contributed by atoms with Crippen LogP contribution < -0.4 is 10.2 Å². The van der Waals surface area contributed by atoms with E-state index in [9.17, 15) is 0 Å². The van der Waals surface area contributed by atoms with Gasteiger partial charge in [0.05, 0.1) is 0 Å². The van der Waals surface area contributed by atoms with Gasteiger partial charge in [-0.3, -0.25) is 0 Å². The molecule has 4 heteroatoms. The van der Waals surface area contributed by atoms with Gasteiger partial charge in [-0.25, -0.2) is 9.97 Å². The molecule has 1 aliphatic heterocycles. The zero-order chi connectivity index (χ0) is 13.4. The second-order valence-electron chi connectivity index (χ2n) is 6.62. The summed E-state index contributed by atoms with van der Waals surface area (Å²) in [6, 6.07) is 0.653. The summed E-state index contributed by atoms with van der Waals surface area (Å²) in [7, 11) is 0. The van der Waals surface area contributed by atoms with Crippen LogP contribution in [0.4, 0.5) is 5.82 Å². The van der Waals surface area contributed by atoms with E-state index in [1.54, 1.807) is 6.33 Å². The number of aryl methyl sites for hydroxylation is 1. The monoisotopic (exact) mass is 272 g/mol. The maximum atomic E-state index is 4.66. The second kappa shape index (κ2) is 5.32. The molecule has 0 aromatic carbocycles. The largest absolute Gasteiger partial charge is 0.354 e. The molecule has 0 radical (unpaired) electrons. The summed E-state index contributed by atoms with van der Waals surface area (Å²) < 4.78 is 0. The third-order valence-electron chi connectivity index (χ3n) is 4.93. The van der Waals surface area contributed by atoms with Gasteiger partial charge in [0.15, 0.2) is 0 Å². The van der Waals surface area contributed by atoms with E-state index in [1.807, 2.05) is 0 Å². The van der Waals surface area contributed by atoms with Crippen LogP contribution in [-0.4, -0.2) is 35.6 Å². The summed E-state index contributed by atoms with van der Waals surface area (Å²) in [5.74, 6) is 2.15. The van der Waals surface area contributed by atoms with Crippen molar-refractivity contribution in [1.29, 1.82) is 0 Å². The Kier molecular flexibility index (Phi) is 3.34. The van der Waals surface area contributed by atoms with E-state index in [-0.39, 0.29) is 0 Å². The number of fused-ring (bicyclic) bond motifs is 1. The molecule has 2 aliphatic carbocycles. The van der Waals surface area contributed by atoms with Gasteiger partial charge in [-0.2, -0.15) is 0 Å². The van der Waals surface area contributed by atoms with Crippen LogP contribution >= 0.6 is 0 Å². The Balaban J connectivity index is 1.58. The van der Waals surface area contributed by atoms with E-state index in [4.69, 9.17) is 0 Å². The van der Waals surface area contributed by atoms with Crippen LogP contribution in [0.2, 0.25) is 0 Å². The molecule has 1 atom stereocenters. The van der Waals surface area contributed by atoms with Crippen molar-refractivity contribution in [3.05, 3.63) is 17.6 Å². The summed E-state index contributed by atoms with van der Waals surface area (Å²) in [5, 5.41) is 3.63. The van der Waals surface area contributed by atoms with Crippen LogP contribution in [0.1, 0.15) is 43.4 Å². The predicted molar refractivity (Wildman–Crippen MR) is 80.0 cm³/mol. The van der Waals surface area contributed by atoms with Crippen molar-refractivity contribution in [3.8, 4) is 0 Å². The average molecular weight is 272 g/mol. The fourth-order valence-corrected chi connectivity index (χ4v) is 3.65. The van der Waals surface area contributed by atoms with Crippen molar-refractivity contribution < 1.29 is 0 Å².